The molecule has 2 fully saturated rings. The fraction of sp³-hybridized carbons (Fsp3) is 0.632. The van der Waals surface area contributed by atoms with E-state index in [0.29, 0.717) is 11.8 Å². The van der Waals surface area contributed by atoms with E-state index in [1.807, 2.05) is 6.07 Å². The van der Waals surface area contributed by atoms with Gasteiger partial charge in [0, 0.05) is 18.5 Å². The number of benzene rings is 1. The number of amides is 1. The van der Waals surface area contributed by atoms with Crippen molar-refractivity contribution in [2.45, 2.75) is 45.4 Å². The molecule has 0 radical (unpaired) electrons. The van der Waals surface area contributed by atoms with Gasteiger partial charge >= 0.3 is 0 Å². The Morgan fingerprint density at radius 1 is 1.41 bits per heavy atom. The van der Waals surface area contributed by atoms with Crippen molar-refractivity contribution in [3.8, 4) is 5.75 Å². The second-order valence-corrected chi connectivity index (χ2v) is 7.21. The molecule has 1 aliphatic carbocycles. The lowest BCUT2D eigenvalue weighted by Crippen LogP contribution is -2.43. The molecule has 0 bridgehead atoms. The summed E-state index contributed by atoms with van der Waals surface area (Å²) in [7, 11) is 1.71. The van der Waals surface area contributed by atoms with Crippen LogP contribution in [-0.4, -0.2) is 31.0 Å². The second-order valence-electron chi connectivity index (χ2n) is 7.21. The molecule has 0 N–H and O–H groups in total. The third kappa shape index (κ3) is 3.45. The molecule has 1 amide bonds. The van der Waals surface area contributed by atoms with Crippen molar-refractivity contribution in [3.05, 3.63) is 29.8 Å². The van der Waals surface area contributed by atoms with Gasteiger partial charge in [0.05, 0.1) is 7.11 Å². The minimum absolute atomic E-state index is 0.0192. The maximum atomic E-state index is 12.5. The molecular weight excluding hydrogens is 274 g/mol. The summed E-state index contributed by atoms with van der Waals surface area (Å²) in [6, 6.07) is 8.33. The minimum atomic E-state index is -0.0192. The van der Waals surface area contributed by atoms with Crippen LogP contribution < -0.4 is 4.74 Å². The molecule has 1 saturated carbocycles. The molecule has 1 unspecified atom stereocenters. The number of piperidine rings is 1. The topological polar surface area (TPSA) is 29.5 Å². The summed E-state index contributed by atoms with van der Waals surface area (Å²) in [6.45, 7) is 4.04. The number of rotatable bonds is 5. The Labute approximate surface area is 133 Å². The molecule has 0 spiro atoms. The van der Waals surface area contributed by atoms with Crippen LogP contribution in [0.5, 0.6) is 5.75 Å². The molecule has 1 aromatic carbocycles. The smallest absolute Gasteiger partial charge is 0.228 e. The molecule has 1 saturated heterocycles. The Morgan fingerprint density at radius 2 is 2.23 bits per heavy atom. The maximum absolute atomic E-state index is 12.5. The van der Waals surface area contributed by atoms with Crippen LogP contribution in [0.4, 0.5) is 0 Å². The minimum Gasteiger partial charge on any atom is -0.497 e. The number of ether oxygens (including phenoxy) is 1. The van der Waals surface area contributed by atoms with Crippen LogP contribution >= 0.6 is 0 Å². The van der Waals surface area contributed by atoms with Crippen molar-refractivity contribution in [3.63, 3.8) is 0 Å². The first-order valence-corrected chi connectivity index (χ1v) is 8.53. The van der Waals surface area contributed by atoms with Gasteiger partial charge in [-0.2, -0.15) is 0 Å². The molecular formula is C19H27NO2. The number of carbonyl (C=O) groups excluding carboxylic acids is 1. The quantitative estimate of drug-likeness (QED) is 0.830. The van der Waals surface area contributed by atoms with Crippen molar-refractivity contribution in [1.82, 2.24) is 4.90 Å². The Balaban J connectivity index is 1.53. The summed E-state index contributed by atoms with van der Waals surface area (Å²) in [5, 5.41) is 0. The highest BCUT2D eigenvalue weighted by Crippen LogP contribution is 2.47. The van der Waals surface area contributed by atoms with Gasteiger partial charge in [-0.3, -0.25) is 4.79 Å². The number of hydrogen-bond donors (Lipinski definition) is 0. The van der Waals surface area contributed by atoms with Gasteiger partial charge < -0.3 is 9.64 Å². The normalized spacial score (nSPS) is 23.2. The van der Waals surface area contributed by atoms with Crippen molar-refractivity contribution >= 4 is 5.91 Å². The highest BCUT2D eigenvalue weighted by Gasteiger charge is 2.47. The van der Waals surface area contributed by atoms with Crippen LogP contribution in [0, 0.1) is 11.3 Å². The fourth-order valence-electron chi connectivity index (χ4n) is 3.47. The lowest BCUT2D eigenvalue weighted by Gasteiger charge is -2.34. The first-order valence-electron chi connectivity index (χ1n) is 8.53. The van der Waals surface area contributed by atoms with Crippen molar-refractivity contribution in [1.29, 1.82) is 0 Å². The number of hydrogen-bond acceptors (Lipinski definition) is 2. The lowest BCUT2D eigenvalue weighted by molar-refractivity contribution is -0.138. The second kappa shape index (κ2) is 6.31. The molecule has 1 heterocycles. The summed E-state index contributed by atoms with van der Waals surface area (Å²) >= 11 is 0. The lowest BCUT2D eigenvalue weighted by atomic mass is 9.90. The molecule has 0 aromatic heterocycles. The van der Waals surface area contributed by atoms with E-state index in [0.717, 1.165) is 50.9 Å². The molecule has 3 heteroatoms. The first kappa shape index (κ1) is 15.4. The van der Waals surface area contributed by atoms with Gasteiger partial charge in [-0.1, -0.05) is 19.1 Å². The zero-order valence-corrected chi connectivity index (χ0v) is 13.8. The van der Waals surface area contributed by atoms with Gasteiger partial charge in [-0.15, -0.1) is 0 Å². The Hall–Kier alpha value is -1.51. The predicted molar refractivity (Wildman–Crippen MR) is 88.0 cm³/mol. The SMILES string of the molecule is COc1cccc(CCC2CCCN(C(=O)C3(C)CC3)C2)c1. The van der Waals surface area contributed by atoms with E-state index < -0.39 is 0 Å². The van der Waals surface area contributed by atoms with Crippen LogP contribution in [0.3, 0.4) is 0 Å². The van der Waals surface area contributed by atoms with Gasteiger partial charge in [0.2, 0.25) is 5.91 Å². The standard InChI is InChI=1S/C19H27NO2/c1-19(10-11-19)18(21)20-12-4-6-16(14-20)9-8-15-5-3-7-17(13-15)22-2/h3,5,7,13,16H,4,6,8-12,14H2,1-2H3. The average Bonchev–Trinajstić information content (AvgIpc) is 3.31. The summed E-state index contributed by atoms with van der Waals surface area (Å²) in [4.78, 5) is 14.6. The van der Waals surface area contributed by atoms with Gasteiger partial charge in [-0.05, 0) is 62.1 Å². The molecule has 22 heavy (non-hydrogen) atoms. The first-order chi connectivity index (χ1) is 10.6. The van der Waals surface area contributed by atoms with Crippen LogP contribution in [0.1, 0.15) is 44.6 Å². The molecule has 120 valence electrons. The van der Waals surface area contributed by atoms with Gasteiger partial charge in [0.1, 0.15) is 5.75 Å². The van der Waals surface area contributed by atoms with Gasteiger partial charge in [0.15, 0.2) is 0 Å². The van der Waals surface area contributed by atoms with Crippen molar-refractivity contribution < 1.29 is 9.53 Å². The third-order valence-corrected chi connectivity index (χ3v) is 5.30. The Bertz CT molecular complexity index is 536. The molecule has 3 nitrogen and oxygen atoms in total. The molecule has 3 rings (SSSR count). The van der Waals surface area contributed by atoms with E-state index in [1.165, 1.54) is 12.0 Å². The van der Waals surface area contributed by atoms with E-state index in [4.69, 9.17) is 4.74 Å². The maximum Gasteiger partial charge on any atom is 0.228 e. The third-order valence-electron chi connectivity index (χ3n) is 5.30. The van der Waals surface area contributed by atoms with E-state index in [1.54, 1.807) is 7.11 Å². The van der Waals surface area contributed by atoms with E-state index >= 15 is 0 Å². The van der Waals surface area contributed by atoms with Crippen LogP contribution in [0.2, 0.25) is 0 Å². The monoisotopic (exact) mass is 301 g/mol. The highest BCUT2D eigenvalue weighted by atomic mass is 16.5. The van der Waals surface area contributed by atoms with E-state index in [9.17, 15) is 4.79 Å². The van der Waals surface area contributed by atoms with E-state index in [-0.39, 0.29) is 5.41 Å². The highest BCUT2D eigenvalue weighted by molar-refractivity contribution is 5.85. The number of aryl methyl sites for hydroxylation is 1. The summed E-state index contributed by atoms with van der Waals surface area (Å²) < 4.78 is 5.29. The van der Waals surface area contributed by atoms with Crippen LogP contribution in [0.25, 0.3) is 0 Å². The summed E-state index contributed by atoms with van der Waals surface area (Å²) in [5.41, 5.74) is 1.31. The summed E-state index contributed by atoms with van der Waals surface area (Å²) in [6.07, 6.45) is 6.80. The van der Waals surface area contributed by atoms with Gasteiger partial charge in [0.25, 0.3) is 0 Å². The van der Waals surface area contributed by atoms with Crippen molar-refractivity contribution in [2.75, 3.05) is 20.2 Å². The summed E-state index contributed by atoms with van der Waals surface area (Å²) in [5.74, 6) is 1.98. The molecule has 1 aromatic rings. The number of nitrogens with zero attached hydrogens (tertiary/aromatic N) is 1. The number of methoxy groups -OCH3 is 1. The average molecular weight is 301 g/mol. The number of likely N-dealkylation sites (tertiary alicyclic amines) is 1. The molecule has 2 aliphatic rings. The molecule has 1 atom stereocenters. The zero-order valence-electron chi connectivity index (χ0n) is 13.8. The van der Waals surface area contributed by atoms with Crippen LogP contribution in [0.15, 0.2) is 24.3 Å². The van der Waals surface area contributed by atoms with E-state index in [2.05, 4.69) is 30.0 Å². The van der Waals surface area contributed by atoms with Crippen molar-refractivity contribution in [2.24, 2.45) is 11.3 Å². The Kier molecular flexibility index (Phi) is 4.42. The van der Waals surface area contributed by atoms with Crippen LogP contribution in [-0.2, 0) is 11.2 Å². The largest absolute Gasteiger partial charge is 0.497 e. The Morgan fingerprint density at radius 3 is 2.95 bits per heavy atom. The number of carbonyl (C=O) groups is 1. The zero-order chi connectivity index (χ0) is 15.6. The predicted octanol–water partition coefficient (Wildman–Crippen LogP) is 3.67. The van der Waals surface area contributed by atoms with Gasteiger partial charge in [-0.25, -0.2) is 0 Å². The molecule has 1 aliphatic heterocycles. The fourth-order valence-corrected chi connectivity index (χ4v) is 3.47.